The minimum Gasteiger partial charge on any atom is -0.322 e. The summed E-state index contributed by atoms with van der Waals surface area (Å²) in [7, 11) is -3.64. The van der Waals surface area contributed by atoms with Crippen molar-refractivity contribution >= 4 is 33.4 Å². The average Bonchev–Trinajstić information content (AvgIpc) is 3.01. The van der Waals surface area contributed by atoms with E-state index in [-0.39, 0.29) is 42.0 Å². The molecule has 2 fully saturated rings. The number of hydrogen-bond donors (Lipinski definition) is 1. The van der Waals surface area contributed by atoms with Gasteiger partial charge in [-0.1, -0.05) is 31.0 Å². The normalized spacial score (nSPS) is 17.6. The Kier molecular flexibility index (Phi) is 7.13. The fourth-order valence-electron chi connectivity index (χ4n) is 4.32. The Morgan fingerprint density at radius 1 is 0.912 bits per heavy atom. The lowest BCUT2D eigenvalue weighted by Gasteiger charge is -2.21. The summed E-state index contributed by atoms with van der Waals surface area (Å²) in [5.41, 5.74) is 2.18. The van der Waals surface area contributed by atoms with Crippen molar-refractivity contribution in [1.29, 1.82) is 0 Å². The van der Waals surface area contributed by atoms with Crippen LogP contribution in [0.15, 0.2) is 47.4 Å². The van der Waals surface area contributed by atoms with Crippen LogP contribution in [0.1, 0.15) is 60.0 Å². The third-order valence-corrected chi connectivity index (χ3v) is 8.38. The molecular formula is C25H29N3O5S. The summed E-state index contributed by atoms with van der Waals surface area (Å²) in [6.45, 7) is 2.97. The van der Waals surface area contributed by atoms with Crippen molar-refractivity contribution in [2.24, 2.45) is 0 Å². The number of hydrogen-bond acceptors (Lipinski definition) is 5. The Morgan fingerprint density at radius 3 is 2.15 bits per heavy atom. The molecule has 2 aliphatic rings. The van der Waals surface area contributed by atoms with E-state index in [9.17, 15) is 22.8 Å². The van der Waals surface area contributed by atoms with Gasteiger partial charge in [-0.05, 0) is 55.2 Å². The van der Waals surface area contributed by atoms with Crippen LogP contribution in [0.25, 0.3) is 0 Å². The second-order valence-electron chi connectivity index (χ2n) is 8.82. The molecule has 2 heterocycles. The highest BCUT2D eigenvalue weighted by Crippen LogP contribution is 2.26. The SMILES string of the molecule is Cc1ccc(NC(=O)c2ccc(CN3C(=O)CCC3=O)cc2)cc1S(=O)(=O)N1CCCCCC1. The standard InChI is InChI=1S/C25H29N3O5S/c1-18-6-11-21(16-22(18)34(32,33)27-14-4-2-3-5-15-27)26-25(31)20-9-7-19(8-10-20)17-28-23(29)12-13-24(28)30/h6-11,16H,2-5,12-15,17H2,1H3,(H,26,31). The lowest BCUT2D eigenvalue weighted by atomic mass is 10.1. The fourth-order valence-corrected chi connectivity index (χ4v) is 6.09. The first kappa shape index (κ1) is 24.1. The number of anilines is 1. The summed E-state index contributed by atoms with van der Waals surface area (Å²) >= 11 is 0. The Labute approximate surface area is 200 Å². The number of sulfonamides is 1. The maximum Gasteiger partial charge on any atom is 0.255 e. The number of amides is 3. The van der Waals surface area contributed by atoms with E-state index in [0.29, 0.717) is 29.9 Å². The van der Waals surface area contributed by atoms with Crippen LogP contribution in [0, 0.1) is 6.92 Å². The molecule has 8 nitrogen and oxygen atoms in total. The zero-order valence-corrected chi connectivity index (χ0v) is 20.1. The molecule has 2 aromatic rings. The van der Waals surface area contributed by atoms with E-state index in [4.69, 9.17) is 0 Å². The Hall–Kier alpha value is -3.04. The van der Waals surface area contributed by atoms with Gasteiger partial charge in [0.25, 0.3) is 5.91 Å². The van der Waals surface area contributed by atoms with Crippen LogP contribution in [-0.4, -0.2) is 48.4 Å². The van der Waals surface area contributed by atoms with Crippen LogP contribution in [0.5, 0.6) is 0 Å². The minimum atomic E-state index is -3.64. The predicted octanol–water partition coefficient (Wildman–Crippen LogP) is 3.46. The van der Waals surface area contributed by atoms with E-state index in [1.54, 1.807) is 47.6 Å². The first-order valence-electron chi connectivity index (χ1n) is 11.6. The average molecular weight is 484 g/mol. The highest BCUT2D eigenvalue weighted by atomic mass is 32.2. The number of imide groups is 1. The molecule has 9 heteroatoms. The van der Waals surface area contributed by atoms with E-state index >= 15 is 0 Å². The molecule has 0 spiro atoms. The first-order chi connectivity index (χ1) is 16.3. The zero-order valence-electron chi connectivity index (χ0n) is 19.2. The van der Waals surface area contributed by atoms with Crippen molar-refractivity contribution in [2.45, 2.75) is 56.9 Å². The second-order valence-corrected chi connectivity index (χ2v) is 10.7. The number of rotatable bonds is 6. The van der Waals surface area contributed by atoms with E-state index in [1.807, 2.05) is 0 Å². The molecule has 3 amide bonds. The van der Waals surface area contributed by atoms with Crippen molar-refractivity contribution in [3.8, 4) is 0 Å². The maximum atomic E-state index is 13.3. The van der Waals surface area contributed by atoms with Gasteiger partial charge in [0, 0.05) is 37.2 Å². The molecule has 1 N–H and O–H groups in total. The zero-order chi connectivity index (χ0) is 24.3. The van der Waals surface area contributed by atoms with Gasteiger partial charge in [-0.25, -0.2) is 8.42 Å². The molecule has 0 unspecified atom stereocenters. The molecule has 4 rings (SSSR count). The molecule has 0 atom stereocenters. The van der Waals surface area contributed by atoms with Crippen molar-refractivity contribution in [2.75, 3.05) is 18.4 Å². The van der Waals surface area contributed by atoms with E-state index in [0.717, 1.165) is 31.2 Å². The Morgan fingerprint density at radius 2 is 1.53 bits per heavy atom. The largest absolute Gasteiger partial charge is 0.322 e. The number of carbonyl (C=O) groups is 3. The third-order valence-electron chi connectivity index (χ3n) is 6.34. The van der Waals surface area contributed by atoms with Crippen molar-refractivity contribution in [3.05, 3.63) is 59.2 Å². The van der Waals surface area contributed by atoms with Gasteiger partial charge in [-0.15, -0.1) is 0 Å². The Bertz CT molecular complexity index is 1180. The van der Waals surface area contributed by atoms with Gasteiger partial charge in [0.05, 0.1) is 11.4 Å². The van der Waals surface area contributed by atoms with E-state index < -0.39 is 10.0 Å². The van der Waals surface area contributed by atoms with Gasteiger partial charge < -0.3 is 5.32 Å². The highest BCUT2D eigenvalue weighted by molar-refractivity contribution is 7.89. The quantitative estimate of drug-likeness (QED) is 0.634. The number of aryl methyl sites for hydroxylation is 1. The van der Waals surface area contributed by atoms with Crippen LogP contribution >= 0.6 is 0 Å². The number of likely N-dealkylation sites (tertiary alicyclic amines) is 1. The maximum absolute atomic E-state index is 13.3. The summed E-state index contributed by atoms with van der Waals surface area (Å²) in [4.78, 5) is 37.8. The number of nitrogens with one attached hydrogen (secondary N) is 1. The third kappa shape index (κ3) is 5.20. The fraction of sp³-hybridized carbons (Fsp3) is 0.400. The molecular weight excluding hydrogens is 454 g/mol. The summed E-state index contributed by atoms with van der Waals surface area (Å²) in [6, 6.07) is 11.6. The lowest BCUT2D eigenvalue weighted by Crippen LogP contribution is -2.32. The van der Waals surface area contributed by atoms with Gasteiger partial charge >= 0.3 is 0 Å². The van der Waals surface area contributed by atoms with Gasteiger partial charge in [-0.2, -0.15) is 4.31 Å². The molecule has 2 aliphatic heterocycles. The smallest absolute Gasteiger partial charge is 0.255 e. The van der Waals surface area contributed by atoms with Crippen molar-refractivity contribution < 1.29 is 22.8 Å². The van der Waals surface area contributed by atoms with Gasteiger partial charge in [-0.3, -0.25) is 19.3 Å². The monoisotopic (exact) mass is 483 g/mol. The van der Waals surface area contributed by atoms with Gasteiger partial charge in [0.1, 0.15) is 0 Å². The van der Waals surface area contributed by atoms with E-state index in [1.165, 1.54) is 11.0 Å². The summed E-state index contributed by atoms with van der Waals surface area (Å²) in [5, 5.41) is 2.78. The molecule has 0 radical (unpaired) electrons. The van der Waals surface area contributed by atoms with Gasteiger partial charge in [0.2, 0.25) is 21.8 Å². The highest BCUT2D eigenvalue weighted by Gasteiger charge is 2.29. The second kappa shape index (κ2) is 10.1. The summed E-state index contributed by atoms with van der Waals surface area (Å²) in [5.74, 6) is -0.740. The number of carbonyl (C=O) groups excluding carboxylic acids is 3. The summed E-state index contributed by atoms with van der Waals surface area (Å²) < 4.78 is 28.1. The predicted molar refractivity (Wildman–Crippen MR) is 128 cm³/mol. The van der Waals surface area contributed by atoms with Crippen molar-refractivity contribution in [1.82, 2.24) is 9.21 Å². The molecule has 34 heavy (non-hydrogen) atoms. The van der Waals surface area contributed by atoms with Crippen molar-refractivity contribution in [3.63, 3.8) is 0 Å². The van der Waals surface area contributed by atoms with Crippen LogP contribution in [0.3, 0.4) is 0 Å². The molecule has 0 aliphatic carbocycles. The van der Waals surface area contributed by atoms with Crippen LogP contribution in [0.4, 0.5) is 5.69 Å². The number of nitrogens with zero attached hydrogens (tertiary/aromatic N) is 2. The molecule has 0 saturated carbocycles. The molecule has 180 valence electrons. The molecule has 0 bridgehead atoms. The van der Waals surface area contributed by atoms with Crippen LogP contribution in [0.2, 0.25) is 0 Å². The number of benzene rings is 2. The van der Waals surface area contributed by atoms with Gasteiger partial charge in [0.15, 0.2) is 0 Å². The lowest BCUT2D eigenvalue weighted by molar-refractivity contribution is -0.139. The summed E-state index contributed by atoms with van der Waals surface area (Å²) in [6.07, 6.45) is 4.25. The topological polar surface area (TPSA) is 104 Å². The van der Waals surface area contributed by atoms with Crippen LogP contribution < -0.4 is 5.32 Å². The first-order valence-corrected chi connectivity index (χ1v) is 13.0. The molecule has 2 saturated heterocycles. The van der Waals surface area contributed by atoms with Crippen LogP contribution in [-0.2, 0) is 26.2 Å². The Balaban J connectivity index is 1.47. The molecule has 0 aromatic heterocycles. The minimum absolute atomic E-state index is 0.183. The van der Waals surface area contributed by atoms with E-state index in [2.05, 4.69) is 5.32 Å². The molecule has 2 aromatic carbocycles.